The first-order valence-electron chi connectivity index (χ1n) is 6.74. The second kappa shape index (κ2) is 6.64. The molecule has 0 N–H and O–H groups in total. The van der Waals surface area contributed by atoms with Gasteiger partial charge in [-0.1, -0.05) is 30.3 Å². The summed E-state index contributed by atoms with van der Waals surface area (Å²) in [5, 5.41) is 3.95. The van der Waals surface area contributed by atoms with Gasteiger partial charge in [0.1, 0.15) is 0 Å². The number of benzene rings is 1. The van der Waals surface area contributed by atoms with Gasteiger partial charge < -0.3 is 4.74 Å². The van der Waals surface area contributed by atoms with E-state index in [0.717, 1.165) is 4.68 Å². The quantitative estimate of drug-likeness (QED) is 0.792. The normalized spacial score (nSPS) is 12.9. The molecule has 22 heavy (non-hydrogen) atoms. The molecule has 0 saturated carbocycles. The molecule has 0 aliphatic carbocycles. The number of nitrogens with zero attached hydrogens (tertiary/aromatic N) is 2. The van der Waals surface area contributed by atoms with E-state index < -0.39 is 24.6 Å². The van der Waals surface area contributed by atoms with Crippen LogP contribution < -0.4 is 0 Å². The van der Waals surface area contributed by atoms with Crippen LogP contribution in [0, 0.1) is 0 Å². The van der Waals surface area contributed by atoms with Gasteiger partial charge in [-0.3, -0.25) is 9.48 Å². The molecule has 0 fully saturated rings. The Morgan fingerprint density at radius 1 is 1.27 bits per heavy atom. The number of esters is 1. The average Bonchev–Trinajstić information content (AvgIpc) is 2.94. The summed E-state index contributed by atoms with van der Waals surface area (Å²) in [5.41, 5.74) is 1.12. The molecular formula is C15H15F3N2O2. The summed E-state index contributed by atoms with van der Waals surface area (Å²) in [6, 6.07) is 8.30. The Bertz CT molecular complexity index is 623. The van der Waals surface area contributed by atoms with Crippen molar-refractivity contribution < 1.29 is 22.7 Å². The minimum Gasteiger partial charge on any atom is -0.466 e. The number of alkyl halides is 3. The zero-order valence-electron chi connectivity index (χ0n) is 11.9. The number of hydrogen-bond acceptors (Lipinski definition) is 3. The van der Waals surface area contributed by atoms with Gasteiger partial charge >= 0.3 is 12.1 Å². The highest BCUT2D eigenvalue weighted by molar-refractivity contribution is 5.70. The molecule has 0 spiro atoms. The largest absolute Gasteiger partial charge is 0.466 e. The van der Waals surface area contributed by atoms with Crippen LogP contribution in [0.15, 0.2) is 42.6 Å². The van der Waals surface area contributed by atoms with Crippen LogP contribution in [0.4, 0.5) is 13.2 Å². The lowest BCUT2D eigenvalue weighted by Crippen LogP contribution is -2.30. The summed E-state index contributed by atoms with van der Waals surface area (Å²) in [6.07, 6.45) is -4.17. The van der Waals surface area contributed by atoms with Crippen LogP contribution in [0.2, 0.25) is 0 Å². The summed E-state index contributed by atoms with van der Waals surface area (Å²) >= 11 is 0. The predicted molar refractivity (Wildman–Crippen MR) is 74.0 cm³/mol. The van der Waals surface area contributed by atoms with Crippen LogP contribution >= 0.6 is 0 Å². The highest BCUT2D eigenvalue weighted by atomic mass is 19.4. The summed E-state index contributed by atoms with van der Waals surface area (Å²) in [5.74, 6) is -0.901. The standard InChI is InChI=1S/C15H15F3N2O2/c1-2-22-14(21)10-13(15(16,17)18)20-9-8-12(19-20)11-6-4-3-5-7-11/h3-9,13H,2,10H2,1H3. The van der Waals surface area contributed by atoms with Crippen molar-refractivity contribution in [1.29, 1.82) is 0 Å². The molecular weight excluding hydrogens is 297 g/mol. The Balaban J connectivity index is 2.25. The van der Waals surface area contributed by atoms with Crippen molar-refractivity contribution in [1.82, 2.24) is 9.78 Å². The smallest absolute Gasteiger partial charge is 0.411 e. The second-order valence-electron chi connectivity index (χ2n) is 4.61. The van der Waals surface area contributed by atoms with Crippen LogP contribution in [0.5, 0.6) is 0 Å². The Kier molecular flexibility index (Phi) is 4.85. The topological polar surface area (TPSA) is 44.1 Å². The van der Waals surface area contributed by atoms with E-state index in [0.29, 0.717) is 11.3 Å². The fourth-order valence-corrected chi connectivity index (χ4v) is 2.01. The summed E-state index contributed by atoms with van der Waals surface area (Å²) < 4.78 is 44.8. The van der Waals surface area contributed by atoms with Crippen molar-refractivity contribution in [2.75, 3.05) is 6.61 Å². The fourth-order valence-electron chi connectivity index (χ4n) is 2.01. The first-order chi connectivity index (χ1) is 10.4. The van der Waals surface area contributed by atoms with Crippen molar-refractivity contribution in [3.63, 3.8) is 0 Å². The minimum atomic E-state index is -4.59. The molecule has 2 rings (SSSR count). The maximum absolute atomic E-state index is 13.1. The summed E-state index contributed by atoms with van der Waals surface area (Å²) in [6.45, 7) is 1.58. The van der Waals surface area contributed by atoms with E-state index in [-0.39, 0.29) is 6.61 Å². The van der Waals surface area contributed by atoms with Crippen LogP contribution in [0.3, 0.4) is 0 Å². The highest BCUT2D eigenvalue weighted by Crippen LogP contribution is 2.33. The van der Waals surface area contributed by atoms with Gasteiger partial charge in [-0.15, -0.1) is 0 Å². The number of ether oxygens (including phenoxy) is 1. The molecule has 1 heterocycles. The molecule has 0 radical (unpaired) electrons. The molecule has 118 valence electrons. The number of carbonyl (C=O) groups is 1. The van der Waals surface area contributed by atoms with E-state index >= 15 is 0 Å². The molecule has 0 aliphatic heterocycles. The summed E-state index contributed by atoms with van der Waals surface area (Å²) in [7, 11) is 0. The molecule has 0 bridgehead atoms. The zero-order chi connectivity index (χ0) is 16.2. The number of carbonyl (C=O) groups excluding carboxylic acids is 1. The molecule has 1 unspecified atom stereocenters. The number of rotatable bonds is 5. The lowest BCUT2D eigenvalue weighted by molar-refractivity contribution is -0.180. The monoisotopic (exact) mass is 312 g/mol. The third kappa shape index (κ3) is 3.87. The van der Waals surface area contributed by atoms with Crippen molar-refractivity contribution in [2.45, 2.75) is 25.6 Å². The predicted octanol–water partition coefficient (Wildman–Crippen LogP) is 3.61. The molecule has 0 amide bonds. The van der Waals surface area contributed by atoms with Gasteiger partial charge in [0, 0.05) is 11.8 Å². The number of halogens is 3. The van der Waals surface area contributed by atoms with E-state index in [2.05, 4.69) is 9.84 Å². The lowest BCUT2D eigenvalue weighted by Gasteiger charge is -2.19. The Labute approximate surface area is 125 Å². The van der Waals surface area contributed by atoms with Crippen molar-refractivity contribution in [3.05, 3.63) is 42.6 Å². The third-order valence-corrected chi connectivity index (χ3v) is 3.04. The Morgan fingerprint density at radius 3 is 2.55 bits per heavy atom. The Hall–Kier alpha value is -2.31. The summed E-state index contributed by atoms with van der Waals surface area (Å²) in [4.78, 5) is 11.4. The maximum Gasteiger partial charge on any atom is 0.411 e. The van der Waals surface area contributed by atoms with Crippen LogP contribution in [0.1, 0.15) is 19.4 Å². The fraction of sp³-hybridized carbons (Fsp3) is 0.333. The molecule has 1 atom stereocenters. The SMILES string of the molecule is CCOC(=O)CC(n1ccc(-c2ccccc2)n1)C(F)(F)F. The molecule has 1 aromatic carbocycles. The maximum atomic E-state index is 13.1. The van der Waals surface area contributed by atoms with Gasteiger partial charge in [0.05, 0.1) is 18.7 Å². The van der Waals surface area contributed by atoms with Crippen molar-refractivity contribution >= 4 is 5.97 Å². The number of hydrogen-bond donors (Lipinski definition) is 0. The minimum absolute atomic E-state index is 0.0395. The zero-order valence-corrected chi connectivity index (χ0v) is 11.9. The van der Waals surface area contributed by atoms with Crippen molar-refractivity contribution in [2.24, 2.45) is 0 Å². The van der Waals surface area contributed by atoms with Gasteiger partial charge in [-0.05, 0) is 13.0 Å². The van der Waals surface area contributed by atoms with Gasteiger partial charge in [0.25, 0.3) is 0 Å². The van der Waals surface area contributed by atoms with E-state index in [9.17, 15) is 18.0 Å². The molecule has 0 aliphatic rings. The highest BCUT2D eigenvalue weighted by Gasteiger charge is 2.43. The second-order valence-corrected chi connectivity index (χ2v) is 4.61. The van der Waals surface area contributed by atoms with E-state index in [1.54, 1.807) is 37.3 Å². The van der Waals surface area contributed by atoms with Crippen LogP contribution in [0.25, 0.3) is 11.3 Å². The molecule has 2 aromatic rings. The first kappa shape index (κ1) is 16.1. The van der Waals surface area contributed by atoms with E-state index in [4.69, 9.17) is 0 Å². The molecule has 1 aromatic heterocycles. The van der Waals surface area contributed by atoms with Gasteiger partial charge in [0.15, 0.2) is 6.04 Å². The van der Waals surface area contributed by atoms with Crippen LogP contribution in [-0.4, -0.2) is 28.5 Å². The number of aromatic nitrogens is 2. The van der Waals surface area contributed by atoms with Gasteiger partial charge in [-0.25, -0.2) is 0 Å². The Morgan fingerprint density at radius 2 is 1.95 bits per heavy atom. The third-order valence-electron chi connectivity index (χ3n) is 3.04. The van der Waals surface area contributed by atoms with Crippen molar-refractivity contribution in [3.8, 4) is 11.3 Å². The average molecular weight is 312 g/mol. The van der Waals surface area contributed by atoms with Gasteiger partial charge in [0.2, 0.25) is 0 Å². The molecule has 4 nitrogen and oxygen atoms in total. The molecule has 0 saturated heterocycles. The van der Waals surface area contributed by atoms with Crippen LogP contribution in [-0.2, 0) is 9.53 Å². The van der Waals surface area contributed by atoms with Gasteiger partial charge in [-0.2, -0.15) is 18.3 Å². The van der Waals surface area contributed by atoms with E-state index in [1.165, 1.54) is 12.3 Å². The van der Waals surface area contributed by atoms with E-state index in [1.807, 2.05) is 0 Å². The first-order valence-corrected chi connectivity index (χ1v) is 6.74. The molecule has 7 heteroatoms. The lowest BCUT2D eigenvalue weighted by atomic mass is 10.2.